The van der Waals surface area contributed by atoms with Crippen LogP contribution in [-0.2, 0) is 9.63 Å². The fraction of sp³-hybridized carbons (Fsp3) is 0.0833. The van der Waals surface area contributed by atoms with E-state index < -0.39 is 5.97 Å². The quantitative estimate of drug-likeness (QED) is 0.574. The highest BCUT2D eigenvalue weighted by Gasteiger charge is 2.20. The number of hydrogen-bond donors (Lipinski definition) is 3. The van der Waals surface area contributed by atoms with Crippen LogP contribution in [0.5, 0.6) is 0 Å². The highest BCUT2D eigenvalue weighted by molar-refractivity contribution is 8.16. The lowest BCUT2D eigenvalue weighted by Crippen LogP contribution is -2.41. The summed E-state index contributed by atoms with van der Waals surface area (Å²) in [7, 11) is 1.29. The average Bonchev–Trinajstić information content (AvgIpc) is 2.47. The minimum atomic E-state index is -1.18. The molecule has 0 radical (unpaired) electrons. The summed E-state index contributed by atoms with van der Waals surface area (Å²) < 4.78 is 0. The zero-order chi connectivity index (χ0) is 14.4. The third-order valence-electron chi connectivity index (χ3n) is 2.22. The Morgan fingerprint density at radius 3 is 2.60 bits per heavy atom. The summed E-state index contributed by atoms with van der Waals surface area (Å²) in [5.74, 6) is -1.18. The van der Waals surface area contributed by atoms with Crippen LogP contribution in [0.15, 0.2) is 51.6 Å². The molecule has 0 aromatic heterocycles. The second kappa shape index (κ2) is 6.62. The zero-order valence-corrected chi connectivity index (χ0v) is 11.3. The van der Waals surface area contributed by atoms with E-state index >= 15 is 0 Å². The molecule has 8 heteroatoms. The molecule has 1 aromatic carbocycles. The van der Waals surface area contributed by atoms with Gasteiger partial charge < -0.3 is 9.94 Å². The Hall–Kier alpha value is -2.48. The molecule has 1 aliphatic heterocycles. The first-order valence-electron chi connectivity index (χ1n) is 5.58. The molecule has 0 fully saturated rings. The fourth-order valence-electron chi connectivity index (χ4n) is 1.38. The van der Waals surface area contributed by atoms with Crippen LogP contribution in [0.25, 0.3) is 0 Å². The van der Waals surface area contributed by atoms with Crippen LogP contribution in [0, 0.1) is 0 Å². The topological polar surface area (TPSA) is 95.3 Å². The Balaban J connectivity index is 2.12. The second-order valence-electron chi connectivity index (χ2n) is 3.58. The number of carboxylic acid groups (broad SMARTS) is 1. The molecular weight excluding hydrogens is 280 g/mol. The largest absolute Gasteiger partial charge is 0.476 e. The Labute approximate surface area is 119 Å². The summed E-state index contributed by atoms with van der Waals surface area (Å²) in [6.45, 7) is 0. The highest BCUT2D eigenvalue weighted by Crippen LogP contribution is 2.17. The maximum atomic E-state index is 11.0. The van der Waals surface area contributed by atoms with Crippen molar-refractivity contribution in [2.24, 2.45) is 10.1 Å². The summed E-state index contributed by atoms with van der Waals surface area (Å²) >= 11 is 1.25. The Bertz CT molecular complexity index is 584. The maximum Gasteiger partial charge on any atom is 0.360 e. The predicted octanol–water partition coefficient (Wildman–Crippen LogP) is 1.44. The van der Waals surface area contributed by atoms with E-state index in [4.69, 9.17) is 5.11 Å². The van der Waals surface area contributed by atoms with Gasteiger partial charge in [-0.25, -0.2) is 9.79 Å². The second-order valence-corrected chi connectivity index (χ2v) is 4.44. The molecule has 0 saturated carbocycles. The molecule has 7 nitrogen and oxygen atoms in total. The molecule has 0 spiro atoms. The molecule has 1 heterocycles. The number of amidine groups is 1. The van der Waals surface area contributed by atoms with Gasteiger partial charge in [0.05, 0.1) is 11.4 Å². The lowest BCUT2D eigenvalue weighted by molar-refractivity contribution is -0.129. The molecule has 0 bridgehead atoms. The van der Waals surface area contributed by atoms with Gasteiger partial charge >= 0.3 is 5.97 Å². The van der Waals surface area contributed by atoms with Crippen molar-refractivity contribution in [3.05, 3.63) is 41.4 Å². The molecule has 0 amide bonds. The maximum absolute atomic E-state index is 11.0. The van der Waals surface area contributed by atoms with Crippen LogP contribution in [0.1, 0.15) is 0 Å². The third kappa shape index (κ3) is 3.51. The number of rotatable bonds is 4. The summed E-state index contributed by atoms with van der Waals surface area (Å²) in [5.41, 5.74) is 6.41. The number of hydrazine groups is 1. The van der Waals surface area contributed by atoms with E-state index in [9.17, 15) is 4.79 Å². The molecule has 0 atom stereocenters. The summed E-state index contributed by atoms with van der Waals surface area (Å²) in [6.07, 6.45) is 0. The van der Waals surface area contributed by atoms with Gasteiger partial charge in [0.25, 0.3) is 0 Å². The summed E-state index contributed by atoms with van der Waals surface area (Å²) in [6, 6.07) is 9.40. The van der Waals surface area contributed by atoms with Gasteiger partial charge in [-0.05, 0) is 12.1 Å². The molecule has 1 aromatic rings. The summed E-state index contributed by atoms with van der Waals surface area (Å²) in [5, 5.41) is 14.6. The Morgan fingerprint density at radius 2 is 2.05 bits per heavy atom. The highest BCUT2D eigenvalue weighted by atomic mass is 32.2. The molecule has 3 N–H and O–H groups in total. The van der Waals surface area contributed by atoms with E-state index in [0.29, 0.717) is 10.9 Å². The van der Waals surface area contributed by atoms with Gasteiger partial charge in [0, 0.05) is 5.41 Å². The van der Waals surface area contributed by atoms with Gasteiger partial charge in [0.1, 0.15) is 7.11 Å². The number of para-hydroxylation sites is 1. The Kier molecular flexibility index (Phi) is 4.61. The van der Waals surface area contributed by atoms with Gasteiger partial charge in [-0.1, -0.05) is 35.1 Å². The van der Waals surface area contributed by atoms with Gasteiger partial charge in [-0.3, -0.25) is 10.9 Å². The number of hydrogen-bond acceptors (Lipinski definition) is 6. The monoisotopic (exact) mass is 292 g/mol. The van der Waals surface area contributed by atoms with Crippen molar-refractivity contribution in [3.63, 3.8) is 0 Å². The molecule has 2 rings (SSSR count). The van der Waals surface area contributed by atoms with Gasteiger partial charge in [0.15, 0.2) is 5.17 Å². The molecule has 0 saturated heterocycles. The lowest BCUT2D eigenvalue weighted by atomic mass is 10.3. The van der Waals surface area contributed by atoms with Crippen molar-refractivity contribution in [2.45, 2.75) is 0 Å². The third-order valence-corrected chi connectivity index (χ3v) is 2.99. The average molecular weight is 292 g/mol. The van der Waals surface area contributed by atoms with Crippen molar-refractivity contribution in [2.75, 3.05) is 7.11 Å². The number of oxime groups is 1. The van der Waals surface area contributed by atoms with Crippen LogP contribution in [0.4, 0.5) is 5.69 Å². The molecule has 104 valence electrons. The first kappa shape index (κ1) is 13.9. The molecular formula is C12H12N4O3S. The number of aliphatic imine (C=N–C) groups is 1. The van der Waals surface area contributed by atoms with Crippen LogP contribution in [0.3, 0.4) is 0 Å². The predicted molar refractivity (Wildman–Crippen MR) is 77.6 cm³/mol. The summed E-state index contributed by atoms with van der Waals surface area (Å²) in [4.78, 5) is 19.8. The van der Waals surface area contributed by atoms with Crippen molar-refractivity contribution >= 4 is 34.3 Å². The number of carboxylic acids is 1. The van der Waals surface area contributed by atoms with Crippen molar-refractivity contribution in [1.82, 2.24) is 10.9 Å². The molecule has 0 aliphatic carbocycles. The molecule has 0 unspecified atom stereocenters. The van der Waals surface area contributed by atoms with Gasteiger partial charge in [-0.15, -0.1) is 0 Å². The van der Waals surface area contributed by atoms with Crippen LogP contribution in [-0.4, -0.2) is 29.1 Å². The fourth-order valence-corrected chi connectivity index (χ4v) is 2.05. The number of aliphatic carboxylic acids is 1. The smallest absolute Gasteiger partial charge is 0.360 e. The normalized spacial score (nSPS) is 16.9. The number of thioether (sulfide) groups is 1. The number of benzene rings is 1. The minimum absolute atomic E-state index is 0.216. The minimum Gasteiger partial charge on any atom is -0.476 e. The zero-order valence-electron chi connectivity index (χ0n) is 10.5. The standard InChI is InChI=1S/C12H12N4O3S/c1-19-16-10(11(17)18)9-7-20-12(15-14-9)13-8-5-3-2-4-6-8/h2-7,14H,1H3,(H,13,15)(H,17,18)/b16-10-. The van der Waals surface area contributed by atoms with E-state index in [-0.39, 0.29) is 5.71 Å². The van der Waals surface area contributed by atoms with Crippen LogP contribution in [0.2, 0.25) is 0 Å². The van der Waals surface area contributed by atoms with Crippen LogP contribution >= 0.6 is 11.8 Å². The Morgan fingerprint density at radius 1 is 1.30 bits per heavy atom. The van der Waals surface area contributed by atoms with Gasteiger partial charge in [-0.2, -0.15) is 0 Å². The number of nitrogens with zero attached hydrogens (tertiary/aromatic N) is 2. The van der Waals surface area contributed by atoms with Crippen LogP contribution < -0.4 is 10.9 Å². The first-order chi connectivity index (χ1) is 9.70. The van der Waals surface area contributed by atoms with E-state index in [1.165, 1.54) is 18.9 Å². The molecule has 1 aliphatic rings. The van der Waals surface area contributed by atoms with Crippen molar-refractivity contribution in [1.29, 1.82) is 0 Å². The van der Waals surface area contributed by atoms with E-state index in [0.717, 1.165) is 5.69 Å². The van der Waals surface area contributed by atoms with E-state index in [1.807, 2.05) is 30.3 Å². The van der Waals surface area contributed by atoms with E-state index in [2.05, 4.69) is 25.8 Å². The van der Waals surface area contributed by atoms with Gasteiger partial charge in [0.2, 0.25) is 5.71 Å². The molecule has 20 heavy (non-hydrogen) atoms. The first-order valence-corrected chi connectivity index (χ1v) is 6.46. The number of carbonyl (C=O) groups is 1. The number of nitrogens with one attached hydrogen (secondary N) is 2. The van der Waals surface area contributed by atoms with Crippen molar-refractivity contribution < 1.29 is 14.7 Å². The van der Waals surface area contributed by atoms with Crippen molar-refractivity contribution in [3.8, 4) is 0 Å². The lowest BCUT2D eigenvalue weighted by Gasteiger charge is -2.17. The SMILES string of the molecule is CO/N=C(\C(=O)O)C1=CSC(=Nc2ccccc2)NN1. The van der Waals surface area contributed by atoms with E-state index in [1.54, 1.807) is 5.41 Å².